The van der Waals surface area contributed by atoms with Crippen LogP contribution in [0, 0.1) is 10.1 Å². The van der Waals surface area contributed by atoms with Gasteiger partial charge in [0.15, 0.2) is 0 Å². The highest BCUT2D eigenvalue weighted by Gasteiger charge is 2.24. The van der Waals surface area contributed by atoms with E-state index in [0.717, 1.165) is 5.69 Å². The molecule has 0 aromatic heterocycles. The van der Waals surface area contributed by atoms with Gasteiger partial charge in [-0.3, -0.25) is 14.9 Å². The summed E-state index contributed by atoms with van der Waals surface area (Å²) < 4.78 is 0. The average Bonchev–Trinajstić information content (AvgIpc) is 2.38. The fraction of sp³-hybridized carbons (Fsp3) is 0.364. The molecular weight excluding hydrogens is 238 g/mol. The Morgan fingerprint density at radius 1 is 1.33 bits per heavy atom. The van der Waals surface area contributed by atoms with Gasteiger partial charge in [0, 0.05) is 30.9 Å². The van der Waals surface area contributed by atoms with Crippen LogP contribution in [0.1, 0.15) is 0 Å². The molecule has 1 N–H and O–H groups in total. The number of β-amino-alcohol motifs (C(OH)–C–C–N with tert-alkyl or cyclic N) is 1. The average molecular weight is 251 g/mol. The van der Waals surface area contributed by atoms with Gasteiger partial charge in [-0.15, -0.1) is 0 Å². The first-order valence-electron chi connectivity index (χ1n) is 5.50. The SMILES string of the molecule is O=CN1CCN(c2ccc([N+](=O)[O-])cc2)CC1O. The van der Waals surface area contributed by atoms with Crippen molar-refractivity contribution < 1.29 is 14.8 Å². The summed E-state index contributed by atoms with van der Waals surface area (Å²) >= 11 is 0. The monoisotopic (exact) mass is 251 g/mol. The van der Waals surface area contributed by atoms with Gasteiger partial charge < -0.3 is 14.9 Å². The zero-order valence-corrected chi connectivity index (χ0v) is 9.60. The number of amides is 1. The Balaban J connectivity index is 2.08. The van der Waals surface area contributed by atoms with Crippen molar-refractivity contribution in [1.29, 1.82) is 0 Å². The van der Waals surface area contributed by atoms with Crippen LogP contribution in [0.15, 0.2) is 24.3 Å². The second-order valence-corrected chi connectivity index (χ2v) is 4.04. The van der Waals surface area contributed by atoms with Crippen LogP contribution >= 0.6 is 0 Å². The summed E-state index contributed by atoms with van der Waals surface area (Å²) in [5.74, 6) is 0. The zero-order valence-electron chi connectivity index (χ0n) is 9.60. The van der Waals surface area contributed by atoms with E-state index in [0.29, 0.717) is 26.0 Å². The quantitative estimate of drug-likeness (QED) is 0.471. The van der Waals surface area contributed by atoms with Gasteiger partial charge in [0.1, 0.15) is 6.23 Å². The molecule has 1 aliphatic heterocycles. The molecule has 1 heterocycles. The molecule has 0 spiro atoms. The minimum absolute atomic E-state index is 0.0332. The first-order valence-corrected chi connectivity index (χ1v) is 5.50. The van der Waals surface area contributed by atoms with Crippen LogP contribution in [0.2, 0.25) is 0 Å². The highest BCUT2D eigenvalue weighted by Crippen LogP contribution is 2.21. The van der Waals surface area contributed by atoms with Crippen molar-refractivity contribution >= 4 is 17.8 Å². The molecule has 0 aliphatic carbocycles. The Morgan fingerprint density at radius 3 is 2.50 bits per heavy atom. The number of aliphatic hydroxyl groups is 1. The molecule has 2 rings (SSSR count). The Bertz CT molecular complexity index is 448. The predicted octanol–water partition coefficient (Wildman–Crippen LogP) is 0.192. The number of nitrogens with zero attached hydrogens (tertiary/aromatic N) is 3. The molecule has 1 aromatic rings. The lowest BCUT2D eigenvalue weighted by atomic mass is 10.2. The topological polar surface area (TPSA) is 86.9 Å². The molecule has 7 heteroatoms. The van der Waals surface area contributed by atoms with Crippen LogP contribution < -0.4 is 4.90 Å². The molecular formula is C11H13N3O4. The van der Waals surface area contributed by atoms with Crippen LogP contribution in [0.4, 0.5) is 11.4 Å². The molecule has 96 valence electrons. The van der Waals surface area contributed by atoms with E-state index in [1.54, 1.807) is 12.1 Å². The van der Waals surface area contributed by atoms with E-state index >= 15 is 0 Å². The second-order valence-electron chi connectivity index (χ2n) is 4.04. The van der Waals surface area contributed by atoms with Crippen molar-refractivity contribution in [1.82, 2.24) is 4.90 Å². The third-order valence-corrected chi connectivity index (χ3v) is 2.96. The van der Waals surface area contributed by atoms with Crippen molar-refractivity contribution in [3.05, 3.63) is 34.4 Å². The molecule has 0 saturated carbocycles. The lowest BCUT2D eigenvalue weighted by Gasteiger charge is -2.37. The van der Waals surface area contributed by atoms with Crippen molar-refractivity contribution in [2.75, 3.05) is 24.5 Å². The van der Waals surface area contributed by atoms with Crippen LogP contribution in [-0.4, -0.2) is 47.2 Å². The molecule has 1 unspecified atom stereocenters. The third kappa shape index (κ3) is 2.40. The molecule has 1 amide bonds. The number of carbonyl (C=O) groups is 1. The molecule has 18 heavy (non-hydrogen) atoms. The van der Waals surface area contributed by atoms with E-state index in [-0.39, 0.29) is 5.69 Å². The van der Waals surface area contributed by atoms with Crippen LogP contribution in [0.3, 0.4) is 0 Å². The molecule has 1 saturated heterocycles. The molecule has 1 fully saturated rings. The number of hydrogen-bond acceptors (Lipinski definition) is 5. The summed E-state index contributed by atoms with van der Waals surface area (Å²) in [7, 11) is 0. The van der Waals surface area contributed by atoms with Crippen molar-refractivity contribution in [3.8, 4) is 0 Å². The summed E-state index contributed by atoms with van der Waals surface area (Å²) in [6.45, 7) is 1.33. The highest BCUT2D eigenvalue weighted by molar-refractivity contribution is 5.53. The maximum atomic E-state index is 10.6. The van der Waals surface area contributed by atoms with Gasteiger partial charge >= 0.3 is 0 Å². The fourth-order valence-electron chi connectivity index (χ4n) is 1.92. The Kier molecular flexibility index (Phi) is 3.42. The minimum Gasteiger partial charge on any atom is -0.372 e. The first-order chi connectivity index (χ1) is 8.61. The number of piperazine rings is 1. The number of hydrogen-bond donors (Lipinski definition) is 1. The molecule has 0 radical (unpaired) electrons. The van der Waals surface area contributed by atoms with E-state index < -0.39 is 11.2 Å². The molecule has 0 bridgehead atoms. The Morgan fingerprint density at radius 2 is 2.00 bits per heavy atom. The largest absolute Gasteiger partial charge is 0.372 e. The van der Waals surface area contributed by atoms with Gasteiger partial charge in [-0.2, -0.15) is 0 Å². The van der Waals surface area contributed by atoms with E-state index in [4.69, 9.17) is 0 Å². The molecule has 1 aromatic carbocycles. The zero-order chi connectivity index (χ0) is 13.1. The Labute approximate surface area is 103 Å². The molecule has 1 aliphatic rings. The maximum Gasteiger partial charge on any atom is 0.269 e. The molecule has 7 nitrogen and oxygen atoms in total. The number of rotatable bonds is 3. The summed E-state index contributed by atoms with van der Waals surface area (Å²) in [4.78, 5) is 23.9. The van der Waals surface area contributed by atoms with Crippen molar-refractivity contribution in [3.63, 3.8) is 0 Å². The Hall–Kier alpha value is -2.15. The van der Waals surface area contributed by atoms with E-state index in [1.807, 2.05) is 4.90 Å². The van der Waals surface area contributed by atoms with Crippen molar-refractivity contribution in [2.24, 2.45) is 0 Å². The number of aliphatic hydroxyl groups excluding tert-OH is 1. The number of nitro groups is 1. The highest BCUT2D eigenvalue weighted by atomic mass is 16.6. The number of non-ortho nitro benzene ring substituents is 1. The van der Waals surface area contributed by atoms with Crippen LogP contribution in [0.5, 0.6) is 0 Å². The number of anilines is 1. The van der Waals surface area contributed by atoms with E-state index in [2.05, 4.69) is 0 Å². The smallest absolute Gasteiger partial charge is 0.269 e. The standard InChI is InChI=1S/C11H13N3O4/c15-8-13-6-5-12(7-11(13)16)9-1-3-10(4-2-9)14(17)18/h1-4,8,11,16H,5-7H2. The third-order valence-electron chi connectivity index (χ3n) is 2.96. The number of carbonyl (C=O) groups excluding carboxylic acids is 1. The number of benzene rings is 1. The van der Waals surface area contributed by atoms with E-state index in [1.165, 1.54) is 17.0 Å². The summed E-state index contributed by atoms with van der Waals surface area (Å²) in [5, 5.41) is 20.2. The predicted molar refractivity (Wildman–Crippen MR) is 64.1 cm³/mol. The van der Waals surface area contributed by atoms with Crippen LogP contribution in [0.25, 0.3) is 0 Å². The van der Waals surface area contributed by atoms with Gasteiger partial charge in [-0.05, 0) is 12.1 Å². The van der Waals surface area contributed by atoms with Gasteiger partial charge in [0.05, 0.1) is 11.5 Å². The van der Waals surface area contributed by atoms with Crippen LogP contribution in [-0.2, 0) is 4.79 Å². The fourth-order valence-corrected chi connectivity index (χ4v) is 1.92. The van der Waals surface area contributed by atoms with Crippen molar-refractivity contribution in [2.45, 2.75) is 6.23 Å². The van der Waals surface area contributed by atoms with Gasteiger partial charge in [-0.1, -0.05) is 0 Å². The lowest BCUT2D eigenvalue weighted by molar-refractivity contribution is -0.384. The number of nitro benzene ring substituents is 1. The summed E-state index contributed by atoms with van der Waals surface area (Å²) in [6, 6.07) is 6.13. The van der Waals surface area contributed by atoms with Gasteiger partial charge in [0.2, 0.25) is 6.41 Å². The minimum atomic E-state index is -0.841. The molecule has 1 atom stereocenters. The second kappa shape index (κ2) is 5.01. The van der Waals surface area contributed by atoms with E-state index in [9.17, 15) is 20.0 Å². The first kappa shape index (κ1) is 12.3. The van der Waals surface area contributed by atoms with Gasteiger partial charge in [0.25, 0.3) is 5.69 Å². The maximum absolute atomic E-state index is 10.6. The summed E-state index contributed by atoms with van der Waals surface area (Å²) in [6.07, 6.45) is -0.218. The lowest BCUT2D eigenvalue weighted by Crippen LogP contribution is -2.52. The summed E-state index contributed by atoms with van der Waals surface area (Å²) in [5.41, 5.74) is 0.830. The van der Waals surface area contributed by atoms with Gasteiger partial charge in [-0.25, -0.2) is 0 Å². The normalized spacial score (nSPS) is 19.7.